The third-order valence-corrected chi connectivity index (χ3v) is 19.1. The van der Waals surface area contributed by atoms with Crippen molar-refractivity contribution in [1.29, 1.82) is 0 Å². The number of nitrogens with zero attached hydrogens (tertiary/aromatic N) is 1. The maximum Gasteiger partial charge on any atom is 0.337 e. The van der Waals surface area contributed by atoms with E-state index in [0.29, 0.717) is 64.2 Å². The van der Waals surface area contributed by atoms with Gasteiger partial charge in [-0.05, 0) is 145 Å². The molecule has 6 aliphatic rings. The van der Waals surface area contributed by atoms with Crippen molar-refractivity contribution in [2.45, 2.75) is 124 Å². The van der Waals surface area contributed by atoms with E-state index < -0.39 is 9.84 Å². The molecule has 1 aliphatic heterocycles. The molecule has 0 radical (unpaired) electrons. The van der Waals surface area contributed by atoms with E-state index in [0.717, 1.165) is 36.8 Å². The van der Waals surface area contributed by atoms with Crippen molar-refractivity contribution in [2.24, 2.45) is 57.2 Å². The highest BCUT2D eigenvalue weighted by molar-refractivity contribution is 7.91. The first-order chi connectivity index (χ1) is 23.5. The molecule has 5 saturated carbocycles. The van der Waals surface area contributed by atoms with Gasteiger partial charge in [-0.3, -0.25) is 0 Å². The summed E-state index contributed by atoms with van der Waals surface area (Å²) < 4.78 is 29.1. The predicted molar refractivity (Wildman–Crippen MR) is 203 cm³/mol. The number of fused-ring (bicyclic) bond motifs is 7. The average Bonchev–Trinajstić information content (AvgIpc) is 3.45. The van der Waals surface area contributed by atoms with E-state index in [1.165, 1.54) is 76.9 Å². The van der Waals surface area contributed by atoms with E-state index in [1.807, 2.05) is 12.1 Å². The van der Waals surface area contributed by atoms with Crippen molar-refractivity contribution < 1.29 is 17.9 Å². The number of carbonyl (C=O) groups excluding carboxylic acids is 1. The number of methoxy groups -OCH3 is 1. The molecule has 6 nitrogen and oxygen atoms in total. The zero-order chi connectivity index (χ0) is 35.9. The summed E-state index contributed by atoms with van der Waals surface area (Å²) in [5, 5.41) is 4.26. The fourth-order valence-electron chi connectivity index (χ4n) is 14.7. The number of nitrogens with one attached hydrogen (secondary N) is 1. The number of ether oxygens (including phenoxy) is 1. The zero-order valence-electron chi connectivity index (χ0n) is 32.7. The molecule has 6 fully saturated rings. The second-order valence-electron chi connectivity index (χ2n) is 19.7. The maximum atomic E-state index is 12.2. The fourth-order valence-corrected chi connectivity index (χ4v) is 16.0. The Kier molecular flexibility index (Phi) is 9.49. The highest BCUT2D eigenvalue weighted by Gasteiger charge is 2.71. The first-order valence-electron chi connectivity index (χ1n) is 20.4. The van der Waals surface area contributed by atoms with Crippen molar-refractivity contribution in [3.63, 3.8) is 0 Å². The number of hydrogen-bond donors (Lipinski definition) is 1. The van der Waals surface area contributed by atoms with Gasteiger partial charge in [-0.1, -0.05) is 60.6 Å². The van der Waals surface area contributed by atoms with Gasteiger partial charge >= 0.3 is 5.97 Å². The van der Waals surface area contributed by atoms with Crippen LogP contribution >= 0.6 is 0 Å². The van der Waals surface area contributed by atoms with Crippen molar-refractivity contribution in [3.8, 4) is 0 Å². The van der Waals surface area contributed by atoms with Crippen LogP contribution in [0.3, 0.4) is 0 Å². The number of hydrogen-bond acceptors (Lipinski definition) is 6. The van der Waals surface area contributed by atoms with E-state index in [-0.39, 0.29) is 16.9 Å². The van der Waals surface area contributed by atoms with Crippen LogP contribution in [0.25, 0.3) is 0 Å². The van der Waals surface area contributed by atoms with E-state index in [2.05, 4.69) is 70.8 Å². The Morgan fingerprint density at radius 2 is 1.56 bits per heavy atom. The van der Waals surface area contributed by atoms with Gasteiger partial charge in [0.2, 0.25) is 0 Å². The smallest absolute Gasteiger partial charge is 0.337 e. The van der Waals surface area contributed by atoms with Crippen LogP contribution in [0.5, 0.6) is 0 Å². The summed E-state index contributed by atoms with van der Waals surface area (Å²) in [5.41, 5.74) is 3.49. The summed E-state index contributed by atoms with van der Waals surface area (Å²) in [5.74, 6) is 5.30. The lowest BCUT2D eigenvalue weighted by atomic mass is 9.32. The molecule has 1 saturated heterocycles. The van der Waals surface area contributed by atoms with Crippen LogP contribution < -0.4 is 5.32 Å². The number of esters is 1. The van der Waals surface area contributed by atoms with Crippen LogP contribution in [0.15, 0.2) is 24.3 Å². The molecule has 7 heteroatoms. The lowest BCUT2D eigenvalue weighted by Crippen LogP contribution is -2.68. The third-order valence-electron chi connectivity index (χ3n) is 17.5. The molecule has 0 amide bonds. The average molecular weight is 709 g/mol. The van der Waals surface area contributed by atoms with Crippen LogP contribution in [-0.2, 0) is 14.6 Å². The van der Waals surface area contributed by atoms with E-state index in [9.17, 15) is 13.2 Å². The molecule has 1 aromatic rings. The second-order valence-corrected chi connectivity index (χ2v) is 22.0. The highest BCUT2D eigenvalue weighted by Crippen LogP contribution is 2.77. The summed E-state index contributed by atoms with van der Waals surface area (Å²) in [6, 6.07) is 8.34. The predicted octanol–water partition coefficient (Wildman–Crippen LogP) is 8.37. The Balaban J connectivity index is 1.12. The van der Waals surface area contributed by atoms with Gasteiger partial charge in [0.15, 0.2) is 9.84 Å². The molecule has 0 spiro atoms. The van der Waals surface area contributed by atoms with Crippen molar-refractivity contribution in [3.05, 3.63) is 35.4 Å². The summed E-state index contributed by atoms with van der Waals surface area (Å²) in [6.45, 7) is 21.7. The summed E-state index contributed by atoms with van der Waals surface area (Å²) >= 11 is 0. The third kappa shape index (κ3) is 5.67. The summed E-state index contributed by atoms with van der Waals surface area (Å²) in [7, 11) is -1.39. The van der Waals surface area contributed by atoms with Crippen molar-refractivity contribution in [1.82, 2.24) is 10.2 Å². The fraction of sp³-hybridized carbons (Fsp3) is 0.837. The molecule has 0 unspecified atom stereocenters. The van der Waals surface area contributed by atoms with Crippen LogP contribution in [0.1, 0.15) is 135 Å². The molecule has 50 heavy (non-hydrogen) atoms. The minimum Gasteiger partial charge on any atom is -0.465 e. The van der Waals surface area contributed by atoms with Crippen LogP contribution in [0.4, 0.5) is 0 Å². The zero-order valence-corrected chi connectivity index (χ0v) is 33.5. The molecule has 280 valence electrons. The molecule has 0 aromatic heterocycles. The molecule has 1 aromatic carbocycles. The van der Waals surface area contributed by atoms with Crippen LogP contribution in [0.2, 0.25) is 0 Å². The number of rotatable bonds is 7. The minimum atomic E-state index is -2.84. The molecule has 7 rings (SSSR count). The maximum absolute atomic E-state index is 12.2. The Morgan fingerprint density at radius 3 is 2.22 bits per heavy atom. The highest BCUT2D eigenvalue weighted by atomic mass is 32.2. The summed E-state index contributed by atoms with van der Waals surface area (Å²) in [6.07, 6.45) is 13.2. The van der Waals surface area contributed by atoms with Gasteiger partial charge in [-0.25, -0.2) is 13.2 Å². The SMILES string of the molecule is COC(=O)c1ccc([C@H]2CC[C@]3(C)[C@H]4CC[C@@H]5[C@H]6[C@H](C(C)C)CC[C@]6(NCCN6CCS(=O)(=O)CC6)CC[C@@]5(C)[C@]4(C)CC[C@H]3C2(C)C)cc1. The monoisotopic (exact) mass is 708 g/mol. The van der Waals surface area contributed by atoms with Gasteiger partial charge in [0.05, 0.1) is 24.2 Å². The van der Waals surface area contributed by atoms with E-state index in [4.69, 9.17) is 4.74 Å². The van der Waals surface area contributed by atoms with Crippen LogP contribution in [-0.4, -0.2) is 69.6 Å². The van der Waals surface area contributed by atoms with Gasteiger partial charge in [0.25, 0.3) is 0 Å². The number of carbonyl (C=O) groups is 1. The number of sulfone groups is 1. The standard InChI is InChI=1S/C43H68N2O4S/c1-29(2)32-15-20-43(44-23-24-45-25-27-50(47,48)28-26-45)22-21-41(6)34(37(32)43)13-14-36-40(5)18-16-33(30-9-11-31(12-10-30)38(46)49-8)39(3,4)35(40)17-19-42(36,41)7/h9-12,29,32-37,44H,13-28H2,1-8H3/t32-,33+,34+,35-,36+,37+,40-,41+,42+,43-/m0/s1. The normalized spacial score (nSPS) is 43.7. The molecule has 0 bridgehead atoms. The second kappa shape index (κ2) is 12.9. The number of benzene rings is 1. The summed E-state index contributed by atoms with van der Waals surface area (Å²) in [4.78, 5) is 14.5. The first kappa shape index (κ1) is 36.9. The van der Waals surface area contributed by atoms with Gasteiger partial charge in [0.1, 0.15) is 0 Å². The molecule has 5 aliphatic carbocycles. The van der Waals surface area contributed by atoms with E-state index in [1.54, 1.807) is 0 Å². The lowest BCUT2D eigenvalue weighted by molar-refractivity contribution is -0.235. The lowest BCUT2D eigenvalue weighted by Gasteiger charge is -2.73. The first-order valence-corrected chi connectivity index (χ1v) is 22.2. The molecular weight excluding hydrogens is 641 g/mol. The molecule has 10 atom stereocenters. The van der Waals surface area contributed by atoms with Gasteiger partial charge in [-0.15, -0.1) is 0 Å². The van der Waals surface area contributed by atoms with E-state index >= 15 is 0 Å². The Hall–Kier alpha value is -1.44. The van der Waals surface area contributed by atoms with Crippen molar-refractivity contribution >= 4 is 15.8 Å². The molecule has 1 N–H and O–H groups in total. The van der Waals surface area contributed by atoms with Gasteiger partial charge in [0, 0.05) is 31.7 Å². The molecule has 1 heterocycles. The van der Waals surface area contributed by atoms with Gasteiger partial charge in [-0.2, -0.15) is 0 Å². The quantitative estimate of drug-likeness (QED) is 0.287. The largest absolute Gasteiger partial charge is 0.465 e. The van der Waals surface area contributed by atoms with Crippen LogP contribution in [0, 0.1) is 57.2 Å². The Morgan fingerprint density at radius 1 is 0.860 bits per heavy atom. The Bertz CT molecular complexity index is 1530. The van der Waals surface area contributed by atoms with Crippen molar-refractivity contribution in [2.75, 3.05) is 44.8 Å². The molecular formula is C43H68N2O4S. The van der Waals surface area contributed by atoms with Gasteiger partial charge < -0.3 is 15.0 Å². The minimum absolute atomic E-state index is 0.192. The topological polar surface area (TPSA) is 75.7 Å². The Labute approximate surface area is 304 Å².